The molecule has 3 aromatic rings. The van der Waals surface area contributed by atoms with Crippen molar-refractivity contribution in [1.82, 2.24) is 25.4 Å². The van der Waals surface area contributed by atoms with Gasteiger partial charge in [0.05, 0.1) is 23.4 Å². The number of carbonyl (C=O) groups is 1. The highest BCUT2D eigenvalue weighted by molar-refractivity contribution is 7.51. The van der Waals surface area contributed by atoms with Gasteiger partial charge in [0.15, 0.2) is 0 Å². The molecule has 40 heavy (non-hydrogen) atoms. The van der Waals surface area contributed by atoms with Gasteiger partial charge in [0.1, 0.15) is 11.5 Å². The van der Waals surface area contributed by atoms with E-state index in [4.69, 9.17) is 0 Å². The Hall–Kier alpha value is -3.81. The first kappa shape index (κ1) is 27.7. The van der Waals surface area contributed by atoms with Gasteiger partial charge < -0.3 is 20.4 Å². The number of aromatic nitrogens is 3. The monoisotopic (exact) mass is 557 g/mol. The number of hydrogen-bond donors (Lipinski definition) is 3. The van der Waals surface area contributed by atoms with Gasteiger partial charge in [-0.1, -0.05) is 59.7 Å². The van der Waals surface area contributed by atoms with Crippen LogP contribution in [0.2, 0.25) is 0 Å². The van der Waals surface area contributed by atoms with Gasteiger partial charge in [-0.3, -0.25) is 9.59 Å². The van der Waals surface area contributed by atoms with E-state index in [2.05, 4.69) is 63.4 Å². The molecule has 10 heteroatoms. The third kappa shape index (κ3) is 6.66. The molecule has 208 valence electrons. The van der Waals surface area contributed by atoms with Crippen molar-refractivity contribution in [3.05, 3.63) is 94.1 Å². The molecule has 4 heterocycles. The smallest absolute Gasteiger partial charge is 0.287 e. The summed E-state index contributed by atoms with van der Waals surface area (Å²) in [6.45, 7) is 10.4. The van der Waals surface area contributed by atoms with E-state index in [1.54, 1.807) is 6.07 Å². The molecule has 2 aliphatic heterocycles. The predicted molar refractivity (Wildman–Crippen MR) is 164 cm³/mol. The van der Waals surface area contributed by atoms with Crippen LogP contribution in [0.25, 0.3) is 5.31 Å². The Kier molecular flexibility index (Phi) is 8.14. The number of nitrogens with zero attached hydrogens (tertiary/aromatic N) is 4. The second-order valence-corrected chi connectivity index (χ2v) is 12.7. The number of piperazine rings is 1. The number of benzene rings is 1. The maximum Gasteiger partial charge on any atom is 0.287 e. The highest BCUT2D eigenvalue weighted by atomic mass is 31.1. The van der Waals surface area contributed by atoms with Gasteiger partial charge in [0.2, 0.25) is 0 Å². The molecule has 0 bridgehead atoms. The Morgan fingerprint density at radius 1 is 1.07 bits per heavy atom. The van der Waals surface area contributed by atoms with Crippen LogP contribution in [0.3, 0.4) is 0 Å². The van der Waals surface area contributed by atoms with Crippen LogP contribution in [0.4, 0.5) is 17.2 Å². The zero-order valence-corrected chi connectivity index (χ0v) is 24.4. The average Bonchev–Trinajstić information content (AvgIpc) is 2.95. The van der Waals surface area contributed by atoms with E-state index in [9.17, 15) is 9.59 Å². The van der Waals surface area contributed by atoms with Gasteiger partial charge in [-0.25, -0.2) is 10.1 Å². The fourth-order valence-electron chi connectivity index (χ4n) is 4.60. The molecule has 3 N–H and O–H groups in total. The van der Waals surface area contributed by atoms with Crippen molar-refractivity contribution in [3.8, 4) is 0 Å². The number of carbonyl (C=O) groups excluding carboxylic acids is 1. The Balaban J connectivity index is 1.23. The molecule has 5 rings (SSSR count). The first-order valence-corrected chi connectivity index (χ1v) is 14.6. The molecule has 0 spiro atoms. The Morgan fingerprint density at radius 2 is 1.82 bits per heavy atom. The number of anilines is 3. The van der Waals surface area contributed by atoms with Crippen LogP contribution in [0.1, 0.15) is 42.4 Å². The van der Waals surface area contributed by atoms with Gasteiger partial charge in [0.25, 0.3) is 11.5 Å². The number of likely N-dealkylation sites (N-methyl/N-ethyl adjacent to an activating group) is 1. The van der Waals surface area contributed by atoms with E-state index < -0.39 is 0 Å². The number of nitrogens with one attached hydrogen (secondary N) is 3. The lowest BCUT2D eigenvalue weighted by atomic mass is 9.87. The molecule has 2 atom stereocenters. The summed E-state index contributed by atoms with van der Waals surface area (Å²) < 4.78 is 0. The van der Waals surface area contributed by atoms with Crippen LogP contribution in [0.15, 0.2) is 71.7 Å². The second kappa shape index (κ2) is 11.7. The van der Waals surface area contributed by atoms with Crippen molar-refractivity contribution in [2.24, 2.45) is 0 Å². The SMILES string of the molecule is CN1CCN(c2ccc(Nc3cc(C4=CC=CC(NC(=O)c5ccc(C(C)(C)C)cc5)P4)n[nH]c3=O)nc2)CC1. The van der Waals surface area contributed by atoms with Crippen molar-refractivity contribution in [3.63, 3.8) is 0 Å². The van der Waals surface area contributed by atoms with Gasteiger partial charge in [-0.2, -0.15) is 5.10 Å². The van der Waals surface area contributed by atoms with E-state index in [-0.39, 0.29) is 31.2 Å². The van der Waals surface area contributed by atoms with Crippen LogP contribution in [0, 0.1) is 0 Å². The summed E-state index contributed by atoms with van der Waals surface area (Å²) in [4.78, 5) is 34.6. The second-order valence-electron chi connectivity index (χ2n) is 11.2. The van der Waals surface area contributed by atoms with Gasteiger partial charge in [-0.05, 0) is 48.4 Å². The molecule has 1 saturated heterocycles. The lowest BCUT2D eigenvalue weighted by Gasteiger charge is -2.33. The summed E-state index contributed by atoms with van der Waals surface area (Å²) >= 11 is 0. The van der Waals surface area contributed by atoms with E-state index in [1.807, 2.05) is 60.8 Å². The third-order valence-electron chi connectivity index (χ3n) is 7.14. The molecule has 1 fully saturated rings. The molecular weight excluding hydrogens is 521 g/mol. The summed E-state index contributed by atoms with van der Waals surface area (Å²) in [7, 11) is 2.38. The molecule has 0 radical (unpaired) electrons. The Morgan fingerprint density at radius 3 is 2.50 bits per heavy atom. The van der Waals surface area contributed by atoms with E-state index >= 15 is 0 Å². The number of rotatable bonds is 6. The summed E-state index contributed by atoms with van der Waals surface area (Å²) in [5.74, 6) is 0.304. The lowest BCUT2D eigenvalue weighted by molar-refractivity contribution is 0.0954. The number of pyridine rings is 1. The topological polar surface area (TPSA) is 106 Å². The van der Waals surface area contributed by atoms with Crippen LogP contribution in [0.5, 0.6) is 0 Å². The molecule has 2 aromatic heterocycles. The highest BCUT2D eigenvalue weighted by Crippen LogP contribution is 2.39. The first-order valence-electron chi connectivity index (χ1n) is 13.5. The molecule has 1 amide bonds. The van der Waals surface area contributed by atoms with Crippen LogP contribution < -0.4 is 21.1 Å². The Labute approximate surface area is 236 Å². The maximum atomic E-state index is 12.9. The van der Waals surface area contributed by atoms with Crippen LogP contribution in [-0.2, 0) is 5.41 Å². The zero-order chi connectivity index (χ0) is 28.3. The minimum absolute atomic E-state index is 0.0314. The van der Waals surface area contributed by atoms with Crippen LogP contribution in [-0.4, -0.2) is 65.0 Å². The minimum Gasteiger partial charge on any atom is -0.368 e. The summed E-state index contributed by atoms with van der Waals surface area (Å²) in [5.41, 5.74) is 3.60. The lowest BCUT2D eigenvalue weighted by Crippen LogP contribution is -2.44. The van der Waals surface area contributed by atoms with E-state index in [1.165, 1.54) is 5.56 Å². The molecular formula is C30H36N7O2P. The largest absolute Gasteiger partial charge is 0.368 e. The van der Waals surface area contributed by atoms with Gasteiger partial charge in [-0.15, -0.1) is 0 Å². The first-order chi connectivity index (χ1) is 19.2. The van der Waals surface area contributed by atoms with Crippen molar-refractivity contribution in [1.29, 1.82) is 0 Å². The highest BCUT2D eigenvalue weighted by Gasteiger charge is 2.20. The number of allylic oxidation sites excluding steroid dienone is 2. The standard InChI is InChI=1S/C30H36N7O2P/c1-30(2,3)21-10-8-20(9-11-21)28(38)33-27-7-5-6-25(40-27)23-18-24(29(39)35-34-23)32-26-13-12-22(19-31-26)37-16-14-36(4)15-17-37/h5-13,18-19,27,40H,14-17H2,1-4H3,(H,33,38)(H,35,39)(H,31,32,34). The maximum absolute atomic E-state index is 12.9. The molecule has 9 nitrogen and oxygen atoms in total. The summed E-state index contributed by atoms with van der Waals surface area (Å²) in [6.07, 6.45) is 7.69. The Bertz CT molecular complexity index is 1470. The molecule has 0 aliphatic carbocycles. The quantitative estimate of drug-likeness (QED) is 0.388. The number of hydrogen-bond acceptors (Lipinski definition) is 7. The van der Waals surface area contributed by atoms with Gasteiger partial charge >= 0.3 is 0 Å². The molecule has 2 aliphatic rings. The third-order valence-corrected chi connectivity index (χ3v) is 8.52. The van der Waals surface area contributed by atoms with Crippen molar-refractivity contribution >= 4 is 37.0 Å². The summed E-state index contributed by atoms with van der Waals surface area (Å²) in [6, 6.07) is 13.4. The number of aromatic amines is 1. The van der Waals surface area contributed by atoms with Crippen molar-refractivity contribution in [2.45, 2.75) is 32.0 Å². The van der Waals surface area contributed by atoms with Crippen LogP contribution >= 0.6 is 8.58 Å². The fraction of sp³-hybridized carbons (Fsp3) is 0.333. The number of amides is 1. The summed E-state index contributed by atoms with van der Waals surface area (Å²) in [5, 5.41) is 14.1. The predicted octanol–water partition coefficient (Wildman–Crippen LogP) is 4.30. The van der Waals surface area contributed by atoms with Gasteiger partial charge in [0, 0.05) is 37.1 Å². The molecule has 0 saturated carbocycles. The normalized spacial score (nSPS) is 18.4. The van der Waals surface area contributed by atoms with Crippen molar-refractivity contribution in [2.75, 3.05) is 43.4 Å². The molecule has 1 aromatic carbocycles. The average molecular weight is 558 g/mol. The van der Waals surface area contributed by atoms with Crippen molar-refractivity contribution < 1.29 is 4.79 Å². The zero-order valence-electron chi connectivity index (χ0n) is 23.4. The fourth-order valence-corrected chi connectivity index (χ4v) is 5.82. The minimum atomic E-state index is -0.326. The molecule has 2 unspecified atom stereocenters. The van der Waals surface area contributed by atoms with E-state index in [0.717, 1.165) is 37.2 Å². The van der Waals surface area contributed by atoms with E-state index in [0.29, 0.717) is 22.8 Å². The number of H-pyrrole nitrogens is 1.